The summed E-state index contributed by atoms with van der Waals surface area (Å²) in [6, 6.07) is 0.117. The van der Waals surface area contributed by atoms with E-state index in [1.165, 1.54) is 0 Å². The van der Waals surface area contributed by atoms with Crippen molar-refractivity contribution in [1.29, 1.82) is 0 Å². The Hall–Kier alpha value is -1.63. The molecule has 0 saturated carbocycles. The predicted molar refractivity (Wildman–Crippen MR) is 89.2 cm³/mol. The first kappa shape index (κ1) is 16.2. The summed E-state index contributed by atoms with van der Waals surface area (Å²) < 4.78 is 0. The summed E-state index contributed by atoms with van der Waals surface area (Å²) in [5.74, 6) is 0.182. The highest BCUT2D eigenvalue weighted by Gasteiger charge is 2.48. The number of hydrogen-bond acceptors (Lipinski definition) is 4. The fraction of sp³-hybridized carbons (Fsp3) is 0.688. The number of rotatable bonds is 3. The normalized spacial score (nSPS) is 24.3. The monoisotopic (exact) mass is 336 g/mol. The largest absolute Gasteiger partial charge is 0.336 e. The second-order valence-corrected chi connectivity index (χ2v) is 8.12. The van der Waals surface area contributed by atoms with Crippen molar-refractivity contribution in [3.63, 3.8) is 0 Å². The summed E-state index contributed by atoms with van der Waals surface area (Å²) in [6.45, 7) is 8.61. The van der Waals surface area contributed by atoms with E-state index >= 15 is 0 Å². The van der Waals surface area contributed by atoms with Crippen molar-refractivity contribution in [1.82, 2.24) is 20.1 Å². The van der Waals surface area contributed by atoms with E-state index in [1.54, 1.807) is 11.3 Å². The minimum atomic E-state index is -0.0729. The quantitative estimate of drug-likeness (QED) is 0.918. The molecule has 0 unspecified atom stereocenters. The van der Waals surface area contributed by atoms with E-state index < -0.39 is 0 Å². The Morgan fingerprint density at radius 1 is 1.48 bits per heavy atom. The van der Waals surface area contributed by atoms with Crippen molar-refractivity contribution in [2.75, 3.05) is 19.6 Å². The van der Waals surface area contributed by atoms with Crippen molar-refractivity contribution in [2.24, 2.45) is 5.41 Å². The minimum Gasteiger partial charge on any atom is -0.336 e. The molecule has 23 heavy (non-hydrogen) atoms. The third kappa shape index (κ3) is 3.49. The Morgan fingerprint density at radius 2 is 2.26 bits per heavy atom. The molecule has 1 N–H and O–H groups in total. The third-order valence-corrected chi connectivity index (χ3v) is 5.38. The maximum Gasteiger partial charge on any atom is 0.317 e. The molecular formula is C16H24N4O2S. The van der Waals surface area contributed by atoms with Crippen LogP contribution in [0.5, 0.6) is 0 Å². The molecule has 1 aromatic rings. The predicted octanol–water partition coefficient (Wildman–Crippen LogP) is 1.99. The highest BCUT2D eigenvalue weighted by molar-refractivity contribution is 7.09. The molecule has 126 valence electrons. The summed E-state index contributed by atoms with van der Waals surface area (Å²) in [7, 11) is 0. The van der Waals surface area contributed by atoms with E-state index in [0.29, 0.717) is 19.5 Å². The van der Waals surface area contributed by atoms with Crippen molar-refractivity contribution in [3.05, 3.63) is 16.1 Å². The molecule has 2 aliphatic heterocycles. The topological polar surface area (TPSA) is 65.5 Å². The van der Waals surface area contributed by atoms with Gasteiger partial charge in [-0.15, -0.1) is 11.3 Å². The number of carbonyl (C=O) groups excluding carboxylic acids is 2. The Morgan fingerprint density at radius 3 is 2.91 bits per heavy atom. The molecule has 3 amide bonds. The molecule has 2 saturated heterocycles. The zero-order valence-electron chi connectivity index (χ0n) is 14.0. The van der Waals surface area contributed by atoms with Gasteiger partial charge in [0.05, 0.1) is 17.2 Å². The molecular weight excluding hydrogens is 312 g/mol. The molecule has 6 nitrogen and oxygen atoms in total. The second-order valence-electron chi connectivity index (χ2n) is 7.06. The van der Waals surface area contributed by atoms with Gasteiger partial charge in [-0.25, -0.2) is 9.78 Å². The molecule has 0 radical (unpaired) electrons. The first-order chi connectivity index (χ1) is 10.9. The van der Waals surface area contributed by atoms with Crippen LogP contribution in [0.3, 0.4) is 0 Å². The van der Waals surface area contributed by atoms with Gasteiger partial charge in [-0.2, -0.15) is 0 Å². The van der Waals surface area contributed by atoms with Gasteiger partial charge in [0, 0.05) is 42.9 Å². The minimum absolute atomic E-state index is 0.0158. The summed E-state index contributed by atoms with van der Waals surface area (Å²) in [5.41, 5.74) is 0.890. The van der Waals surface area contributed by atoms with E-state index in [9.17, 15) is 9.59 Å². The van der Waals surface area contributed by atoms with E-state index in [0.717, 1.165) is 30.2 Å². The summed E-state index contributed by atoms with van der Waals surface area (Å²) >= 11 is 1.61. The second kappa shape index (κ2) is 6.11. The SMILES string of the molecule is Cc1nc(CN2C[C@]3(CCN(C(=O)NC(C)C)C3)CC2=O)cs1. The molecule has 3 rings (SSSR count). The lowest BCUT2D eigenvalue weighted by molar-refractivity contribution is -0.128. The number of hydrogen-bond donors (Lipinski definition) is 1. The lowest BCUT2D eigenvalue weighted by Gasteiger charge is -2.24. The lowest BCUT2D eigenvalue weighted by atomic mass is 9.86. The number of aromatic nitrogens is 1. The van der Waals surface area contributed by atoms with Crippen LogP contribution in [0.15, 0.2) is 5.38 Å². The summed E-state index contributed by atoms with van der Waals surface area (Å²) in [6.07, 6.45) is 1.44. The van der Waals surface area contributed by atoms with Gasteiger partial charge in [0.15, 0.2) is 0 Å². The third-order valence-electron chi connectivity index (χ3n) is 4.56. The smallest absolute Gasteiger partial charge is 0.317 e. The van der Waals surface area contributed by atoms with Crippen LogP contribution in [0.4, 0.5) is 4.79 Å². The number of thiazole rings is 1. The van der Waals surface area contributed by atoms with Crippen molar-refractivity contribution < 1.29 is 9.59 Å². The molecule has 0 aromatic carbocycles. The lowest BCUT2D eigenvalue weighted by Crippen LogP contribution is -2.43. The fourth-order valence-electron chi connectivity index (χ4n) is 3.52. The average Bonchev–Trinajstić information content (AvgIpc) is 3.12. The number of likely N-dealkylation sites (tertiary alicyclic amines) is 2. The summed E-state index contributed by atoms with van der Waals surface area (Å²) in [5, 5.41) is 5.98. The van der Waals surface area contributed by atoms with Gasteiger partial charge >= 0.3 is 6.03 Å². The highest BCUT2D eigenvalue weighted by Crippen LogP contribution is 2.40. The number of amides is 3. The van der Waals surface area contributed by atoms with Crippen LogP contribution in [0.25, 0.3) is 0 Å². The van der Waals surface area contributed by atoms with Crippen molar-refractivity contribution >= 4 is 23.3 Å². The average molecular weight is 336 g/mol. The molecule has 0 aliphatic carbocycles. The maximum absolute atomic E-state index is 12.4. The first-order valence-electron chi connectivity index (χ1n) is 8.11. The Balaban J connectivity index is 1.62. The van der Waals surface area contributed by atoms with Gasteiger partial charge < -0.3 is 15.1 Å². The van der Waals surface area contributed by atoms with Crippen LogP contribution < -0.4 is 5.32 Å². The zero-order chi connectivity index (χ0) is 16.6. The molecule has 2 aliphatic rings. The van der Waals surface area contributed by atoms with Crippen LogP contribution in [-0.4, -0.2) is 52.4 Å². The summed E-state index contributed by atoms with van der Waals surface area (Å²) in [4.78, 5) is 32.7. The van der Waals surface area contributed by atoms with Gasteiger partial charge in [0.2, 0.25) is 5.91 Å². The standard InChI is InChI=1S/C16H24N4O2S/c1-11(2)17-15(22)19-5-4-16(9-19)6-14(21)20(10-16)7-13-8-23-12(3)18-13/h8,11H,4-7,9-10H2,1-3H3,(H,17,22)/t16-/m1/s1. The van der Waals surface area contributed by atoms with Crippen LogP contribution in [0, 0.1) is 12.3 Å². The van der Waals surface area contributed by atoms with Gasteiger partial charge in [-0.1, -0.05) is 0 Å². The van der Waals surface area contributed by atoms with Gasteiger partial charge in [0.25, 0.3) is 0 Å². The van der Waals surface area contributed by atoms with E-state index in [2.05, 4.69) is 10.3 Å². The van der Waals surface area contributed by atoms with E-state index in [1.807, 2.05) is 36.0 Å². The number of carbonyl (C=O) groups is 2. The molecule has 7 heteroatoms. The number of aryl methyl sites for hydroxylation is 1. The number of urea groups is 1. The van der Waals surface area contributed by atoms with Gasteiger partial charge in [-0.3, -0.25) is 4.79 Å². The molecule has 3 heterocycles. The van der Waals surface area contributed by atoms with Crippen LogP contribution >= 0.6 is 11.3 Å². The van der Waals surface area contributed by atoms with Crippen molar-refractivity contribution in [2.45, 2.75) is 46.2 Å². The Bertz CT molecular complexity index is 615. The zero-order valence-corrected chi connectivity index (χ0v) is 14.8. The van der Waals surface area contributed by atoms with Crippen LogP contribution in [0.1, 0.15) is 37.4 Å². The number of nitrogens with one attached hydrogen (secondary N) is 1. The van der Waals surface area contributed by atoms with E-state index in [4.69, 9.17) is 0 Å². The fourth-order valence-corrected chi connectivity index (χ4v) is 4.13. The van der Waals surface area contributed by atoms with E-state index in [-0.39, 0.29) is 23.4 Å². The molecule has 1 spiro atoms. The van der Waals surface area contributed by atoms with Crippen LogP contribution in [-0.2, 0) is 11.3 Å². The first-order valence-corrected chi connectivity index (χ1v) is 8.99. The van der Waals surface area contributed by atoms with Gasteiger partial charge in [0.1, 0.15) is 0 Å². The Kier molecular flexibility index (Phi) is 4.31. The molecule has 2 fully saturated rings. The highest BCUT2D eigenvalue weighted by atomic mass is 32.1. The molecule has 0 bridgehead atoms. The van der Waals surface area contributed by atoms with Crippen LogP contribution in [0.2, 0.25) is 0 Å². The molecule has 1 atom stereocenters. The Labute approximate surface area is 140 Å². The van der Waals surface area contributed by atoms with Gasteiger partial charge in [-0.05, 0) is 27.2 Å². The molecule has 1 aromatic heterocycles. The number of nitrogens with zero attached hydrogens (tertiary/aromatic N) is 3. The van der Waals surface area contributed by atoms with Crippen molar-refractivity contribution in [3.8, 4) is 0 Å². The maximum atomic E-state index is 12.4.